The zero-order chi connectivity index (χ0) is 10.1. The monoisotopic (exact) mass is 206 g/mol. The van der Waals surface area contributed by atoms with Crippen molar-refractivity contribution >= 4 is 12.6 Å². The first kappa shape index (κ1) is 13.2. The van der Waals surface area contributed by atoms with E-state index >= 15 is 0 Å². The van der Waals surface area contributed by atoms with Crippen LogP contribution in [0.2, 0.25) is 0 Å². The molecule has 0 bridgehead atoms. The number of rotatable bonds is 3. The lowest BCUT2D eigenvalue weighted by Gasteiger charge is -2.28. The Morgan fingerprint density at radius 3 is 2.31 bits per heavy atom. The number of nitrogens with zero attached hydrogens (tertiary/aromatic N) is 1. The second-order valence-corrected chi connectivity index (χ2v) is 3.30. The second kappa shape index (κ2) is 8.81. The van der Waals surface area contributed by atoms with Crippen LogP contribution in [0.15, 0.2) is 0 Å². The number of aliphatic hydroxyl groups is 1. The molecule has 0 amide bonds. The summed E-state index contributed by atoms with van der Waals surface area (Å²) < 4.78 is 0. The maximum atomic E-state index is 8.71. The molecule has 0 aromatic rings. The Hall–Kier alpha value is 0.230. The first-order valence-corrected chi connectivity index (χ1v) is 5.76. The van der Waals surface area contributed by atoms with E-state index in [1.165, 1.54) is 19.3 Å². The summed E-state index contributed by atoms with van der Waals surface area (Å²) in [6.45, 7) is 3.29. The van der Waals surface area contributed by atoms with Crippen LogP contribution in [-0.4, -0.2) is 48.5 Å². The van der Waals surface area contributed by atoms with E-state index in [4.69, 9.17) is 10.8 Å². The number of hydrogen-bond donors (Lipinski definition) is 3. The molecule has 1 fully saturated rings. The maximum Gasteiger partial charge on any atom is 0.0595 e. The smallest absolute Gasteiger partial charge is 0.0595 e. The van der Waals surface area contributed by atoms with Gasteiger partial charge in [0.2, 0.25) is 0 Å². The molecule has 0 aromatic heterocycles. The highest BCUT2D eigenvalue weighted by Crippen LogP contribution is 2.07. The van der Waals surface area contributed by atoms with Gasteiger partial charge in [0.05, 0.1) is 6.61 Å². The molecule has 0 spiro atoms. The van der Waals surface area contributed by atoms with Crippen molar-refractivity contribution in [2.24, 2.45) is 5.73 Å². The van der Waals surface area contributed by atoms with Gasteiger partial charge in [-0.1, -0.05) is 6.42 Å². The lowest BCUT2D eigenvalue weighted by molar-refractivity contribution is 0.180. The average molecular weight is 206 g/mol. The third-order valence-electron chi connectivity index (χ3n) is 2.18. The van der Waals surface area contributed by atoms with Crippen LogP contribution in [0, 0.1) is 0 Å². The van der Waals surface area contributed by atoms with Gasteiger partial charge in [-0.2, -0.15) is 12.6 Å². The molecule has 0 aromatic carbocycles. The van der Waals surface area contributed by atoms with Crippen LogP contribution in [0.3, 0.4) is 0 Å². The van der Waals surface area contributed by atoms with Crippen molar-refractivity contribution in [3.63, 3.8) is 0 Å². The fourth-order valence-electron chi connectivity index (χ4n) is 1.53. The summed E-state index contributed by atoms with van der Waals surface area (Å²) in [4.78, 5) is 2.34. The van der Waals surface area contributed by atoms with Gasteiger partial charge < -0.3 is 15.7 Å². The summed E-state index contributed by atoms with van der Waals surface area (Å²) in [5, 5.41) is 8.71. The number of aliphatic hydroxyl groups excluding tert-OH is 1. The van der Waals surface area contributed by atoms with Crippen molar-refractivity contribution in [2.75, 3.05) is 32.5 Å². The fraction of sp³-hybridized carbons (Fsp3) is 1.00. The van der Waals surface area contributed by atoms with E-state index in [1.807, 2.05) is 0 Å². The lowest BCUT2D eigenvalue weighted by atomic mass is 10.1. The molecule has 1 aliphatic rings. The highest BCUT2D eigenvalue weighted by Gasteiger charge is 2.12. The molecule has 0 aliphatic carbocycles. The minimum atomic E-state index is -0.0481. The quantitative estimate of drug-likeness (QED) is 0.584. The van der Waals surface area contributed by atoms with E-state index in [0.717, 1.165) is 19.6 Å². The summed E-state index contributed by atoms with van der Waals surface area (Å²) in [5.74, 6) is 0. The molecule has 0 radical (unpaired) electrons. The van der Waals surface area contributed by atoms with Gasteiger partial charge in [0.25, 0.3) is 0 Å². The van der Waals surface area contributed by atoms with Crippen molar-refractivity contribution < 1.29 is 5.11 Å². The van der Waals surface area contributed by atoms with E-state index in [1.54, 1.807) is 6.26 Å². The van der Waals surface area contributed by atoms with E-state index in [0.29, 0.717) is 0 Å². The number of likely N-dealkylation sites (tertiary alicyclic amines) is 1. The van der Waals surface area contributed by atoms with Gasteiger partial charge >= 0.3 is 0 Å². The highest BCUT2D eigenvalue weighted by molar-refractivity contribution is 7.79. The van der Waals surface area contributed by atoms with Crippen LogP contribution in [-0.2, 0) is 0 Å². The number of nitrogens with two attached hydrogens (primary N) is 1. The molecule has 3 N–H and O–H groups in total. The normalized spacial score (nSPS) is 20.3. The van der Waals surface area contributed by atoms with Gasteiger partial charge in [0.15, 0.2) is 0 Å². The molecule has 1 saturated heterocycles. The van der Waals surface area contributed by atoms with Gasteiger partial charge in [-0.25, -0.2) is 0 Å². The second-order valence-electron chi connectivity index (χ2n) is 3.30. The standard InChI is InChI=1S/C8H18N2O.CH4S/c9-8(7-11)6-10-4-2-1-3-5-10;1-2/h8,11H,1-7,9H2;2H,1H3. The van der Waals surface area contributed by atoms with E-state index in [9.17, 15) is 0 Å². The summed E-state index contributed by atoms with van der Waals surface area (Å²) in [6, 6.07) is -0.0481. The molecule has 0 saturated carbocycles. The van der Waals surface area contributed by atoms with Crippen LogP contribution in [0.4, 0.5) is 0 Å². The number of thiol groups is 1. The summed E-state index contributed by atoms with van der Waals surface area (Å²) in [6.07, 6.45) is 5.63. The Morgan fingerprint density at radius 1 is 1.31 bits per heavy atom. The molecule has 1 unspecified atom stereocenters. The zero-order valence-electron chi connectivity index (χ0n) is 8.45. The largest absolute Gasteiger partial charge is 0.395 e. The SMILES string of the molecule is CS.NC(CO)CN1CCCCC1. The van der Waals surface area contributed by atoms with Crippen molar-refractivity contribution in [3.05, 3.63) is 0 Å². The predicted octanol–water partition coefficient (Wildman–Crippen LogP) is 0.338. The summed E-state index contributed by atoms with van der Waals surface area (Å²) in [7, 11) is 0. The first-order chi connectivity index (χ1) is 6.33. The predicted molar refractivity (Wildman–Crippen MR) is 60.3 cm³/mol. The Kier molecular flexibility index (Phi) is 8.97. The topological polar surface area (TPSA) is 49.5 Å². The molecule has 3 nitrogen and oxygen atoms in total. The van der Waals surface area contributed by atoms with Crippen molar-refractivity contribution in [1.29, 1.82) is 0 Å². The minimum Gasteiger partial charge on any atom is -0.395 e. The molecular weight excluding hydrogens is 184 g/mol. The van der Waals surface area contributed by atoms with E-state index in [-0.39, 0.29) is 12.6 Å². The Labute approximate surface area is 86.7 Å². The van der Waals surface area contributed by atoms with Gasteiger partial charge in [-0.05, 0) is 32.2 Å². The van der Waals surface area contributed by atoms with Gasteiger partial charge in [-0.15, -0.1) is 0 Å². The first-order valence-electron chi connectivity index (χ1n) is 4.86. The van der Waals surface area contributed by atoms with Crippen LogP contribution in [0.1, 0.15) is 19.3 Å². The molecule has 1 rings (SSSR count). The molecule has 1 atom stereocenters. The van der Waals surface area contributed by atoms with Crippen LogP contribution in [0.5, 0.6) is 0 Å². The lowest BCUT2D eigenvalue weighted by Crippen LogP contribution is -2.42. The number of hydrogen-bond acceptors (Lipinski definition) is 4. The zero-order valence-corrected chi connectivity index (χ0v) is 9.34. The van der Waals surface area contributed by atoms with Crippen LogP contribution in [0.25, 0.3) is 0 Å². The summed E-state index contributed by atoms with van der Waals surface area (Å²) >= 11 is 3.53. The third kappa shape index (κ3) is 6.32. The Balaban J connectivity index is 0.000000671. The van der Waals surface area contributed by atoms with Crippen LogP contribution < -0.4 is 5.73 Å². The van der Waals surface area contributed by atoms with Gasteiger partial charge in [-0.3, -0.25) is 0 Å². The number of piperidine rings is 1. The van der Waals surface area contributed by atoms with Crippen molar-refractivity contribution in [2.45, 2.75) is 25.3 Å². The average Bonchev–Trinajstić information content (AvgIpc) is 2.22. The maximum absolute atomic E-state index is 8.71. The Morgan fingerprint density at radius 2 is 1.85 bits per heavy atom. The minimum absolute atomic E-state index is 0.0481. The fourth-order valence-corrected chi connectivity index (χ4v) is 1.53. The highest BCUT2D eigenvalue weighted by atomic mass is 32.1. The molecule has 13 heavy (non-hydrogen) atoms. The van der Waals surface area contributed by atoms with Gasteiger partial charge in [0, 0.05) is 12.6 Å². The molecule has 1 aliphatic heterocycles. The van der Waals surface area contributed by atoms with Crippen LogP contribution >= 0.6 is 12.6 Å². The summed E-state index contributed by atoms with van der Waals surface area (Å²) in [5.41, 5.74) is 5.61. The third-order valence-corrected chi connectivity index (χ3v) is 2.18. The Bertz CT molecular complexity index is 108. The molecule has 1 heterocycles. The van der Waals surface area contributed by atoms with Gasteiger partial charge in [0.1, 0.15) is 0 Å². The molecular formula is C9H22N2OS. The molecule has 80 valence electrons. The van der Waals surface area contributed by atoms with E-state index in [2.05, 4.69) is 17.5 Å². The van der Waals surface area contributed by atoms with E-state index < -0.39 is 0 Å². The van der Waals surface area contributed by atoms with Crippen molar-refractivity contribution in [1.82, 2.24) is 4.90 Å². The van der Waals surface area contributed by atoms with Crippen molar-refractivity contribution in [3.8, 4) is 0 Å². The molecule has 4 heteroatoms.